The molecule has 1 atom stereocenters. The first-order valence-corrected chi connectivity index (χ1v) is 9.73. The van der Waals surface area contributed by atoms with E-state index in [2.05, 4.69) is 0 Å². The van der Waals surface area contributed by atoms with Gasteiger partial charge in [0, 0.05) is 23.4 Å². The third-order valence-electron chi connectivity index (χ3n) is 3.66. The van der Waals surface area contributed by atoms with Crippen molar-refractivity contribution in [2.75, 3.05) is 0 Å². The summed E-state index contributed by atoms with van der Waals surface area (Å²) in [4.78, 5) is 0.620. The Hall–Kier alpha value is -0.670. The van der Waals surface area contributed by atoms with E-state index in [1.54, 1.807) is 12.1 Å². The minimum atomic E-state index is -4.14. The van der Waals surface area contributed by atoms with Crippen molar-refractivity contribution in [3.63, 3.8) is 0 Å². The zero-order valence-corrected chi connectivity index (χ0v) is 14.1. The molecule has 0 bridgehead atoms. The van der Waals surface area contributed by atoms with Gasteiger partial charge in [-0.25, -0.2) is 0 Å². The third-order valence-corrected chi connectivity index (χ3v) is 5.84. The van der Waals surface area contributed by atoms with Crippen LogP contribution in [0.15, 0.2) is 24.3 Å². The van der Waals surface area contributed by atoms with E-state index in [9.17, 15) is 13.2 Å². The van der Waals surface area contributed by atoms with Crippen LogP contribution >= 0.6 is 10.5 Å². The molecule has 1 aliphatic carbocycles. The van der Waals surface area contributed by atoms with Gasteiger partial charge in [-0.15, -0.1) is 13.2 Å². The number of aryl methyl sites for hydroxylation is 1. The predicted molar refractivity (Wildman–Crippen MR) is 69.1 cm³/mol. The van der Waals surface area contributed by atoms with Crippen LogP contribution in [0.25, 0.3) is 10.1 Å². The summed E-state index contributed by atoms with van der Waals surface area (Å²) in [5.41, 5.74) is -3.24. The van der Waals surface area contributed by atoms with Gasteiger partial charge in [-0.3, -0.25) is 0 Å². The largest absolute Gasteiger partial charge is 0.600 e. The van der Waals surface area contributed by atoms with E-state index in [1.165, 1.54) is 0 Å². The van der Waals surface area contributed by atoms with Gasteiger partial charge < -0.3 is 12.6 Å². The molecule has 122 valence electrons. The smallest absolute Gasteiger partial charge is 0.405 e. The van der Waals surface area contributed by atoms with Crippen molar-refractivity contribution >= 4 is 20.6 Å². The number of fused-ring (bicyclic) bond motifs is 1. The van der Waals surface area contributed by atoms with Crippen molar-refractivity contribution in [1.82, 2.24) is 0 Å². The molecule has 3 rings (SSSR count). The molecule has 0 spiro atoms. The summed E-state index contributed by atoms with van der Waals surface area (Å²) in [7, 11) is -1.69. The average Bonchev–Trinajstić information content (AvgIpc) is 2.63. The Balaban J connectivity index is 0.000000396. The molecule has 0 aliphatic heterocycles. The quantitative estimate of drug-likeness (QED) is 0.690. The molecule has 1 aromatic carbocycles. The maximum atomic E-state index is 13.3. The van der Waals surface area contributed by atoms with Crippen LogP contribution in [0.1, 0.15) is 35.6 Å². The molecule has 2 aromatic rings. The van der Waals surface area contributed by atoms with Gasteiger partial charge in [0.1, 0.15) is 0 Å². The molecule has 0 saturated heterocycles. The van der Waals surface area contributed by atoms with Gasteiger partial charge >= 0.3 is 5.51 Å². The number of halogens is 4. The first-order valence-electron chi connectivity index (χ1n) is 6.56. The van der Waals surface area contributed by atoms with Crippen molar-refractivity contribution < 1.29 is 40.6 Å². The molecule has 0 amide bonds. The monoisotopic (exact) mass is 398 g/mol. The van der Waals surface area contributed by atoms with Crippen LogP contribution in [0.5, 0.6) is 0 Å². The number of hydrogen-bond acceptors (Lipinski definition) is 3. The van der Waals surface area contributed by atoms with Crippen molar-refractivity contribution in [3.05, 3.63) is 34.7 Å². The normalized spacial score (nSPS) is 16.5. The Labute approximate surface area is 133 Å². The van der Waals surface area contributed by atoms with E-state index in [0.717, 1.165) is 30.2 Å². The lowest BCUT2D eigenvalue weighted by Crippen LogP contribution is -2.42. The van der Waals surface area contributed by atoms with Crippen LogP contribution in [0.4, 0.5) is 13.2 Å². The number of hydrogen-bond donors (Lipinski definition) is 0. The lowest BCUT2D eigenvalue weighted by molar-refractivity contribution is -1.73. The van der Waals surface area contributed by atoms with E-state index in [4.69, 9.17) is 12.6 Å². The SMILES string of the molecule is Cc1ccc2cc(C3CCC3)[s+](C(F)(F)F)c2c1.[O-][Br+2]([O-])[O-]. The highest BCUT2D eigenvalue weighted by molar-refractivity contribution is 7.38. The van der Waals surface area contributed by atoms with Crippen LogP contribution in [0.2, 0.25) is 0 Å². The second-order valence-electron chi connectivity index (χ2n) is 5.16. The fourth-order valence-electron chi connectivity index (χ4n) is 2.51. The highest BCUT2D eigenvalue weighted by Gasteiger charge is 2.50. The lowest BCUT2D eigenvalue weighted by atomic mass is 9.84. The van der Waals surface area contributed by atoms with Crippen LogP contribution in [-0.4, -0.2) is 0 Å². The van der Waals surface area contributed by atoms with Crippen molar-refractivity contribution in [3.8, 4) is 0 Å². The molecule has 1 aliphatic rings. The van der Waals surface area contributed by atoms with Gasteiger partial charge in [-0.1, -0.05) is 12.5 Å². The Kier molecular flexibility index (Phi) is 5.50. The first-order chi connectivity index (χ1) is 10.2. The van der Waals surface area contributed by atoms with Gasteiger partial charge in [-0.05, 0) is 31.4 Å². The molecule has 1 unspecified atom stereocenters. The summed E-state index contributed by atoms with van der Waals surface area (Å²) < 4.78 is 66.0. The molecule has 1 heterocycles. The molecule has 22 heavy (non-hydrogen) atoms. The Bertz CT molecular complexity index is 648. The van der Waals surface area contributed by atoms with E-state index < -0.39 is 30.8 Å². The average molecular weight is 399 g/mol. The van der Waals surface area contributed by atoms with Gasteiger partial charge in [0.25, 0.3) is 0 Å². The van der Waals surface area contributed by atoms with E-state index >= 15 is 0 Å². The van der Waals surface area contributed by atoms with Crippen molar-refractivity contribution in [2.24, 2.45) is 0 Å². The maximum Gasteiger partial charge on any atom is 0.600 e. The second-order valence-corrected chi connectivity index (χ2v) is 7.94. The van der Waals surface area contributed by atoms with Gasteiger partial charge in [-0.2, -0.15) is 0 Å². The standard InChI is InChI=1S/C14H14F3S.BrO3/c1-9-5-6-11-8-13(10-3-2-4-10)18(12(11)7-9)14(15,16)17;2-1(3)4/h5-8,10H,2-4H2,1H3;/q+1;-1. The van der Waals surface area contributed by atoms with E-state index in [-0.39, 0.29) is 5.92 Å². The fourth-order valence-corrected chi connectivity index (χ4v) is 4.76. The van der Waals surface area contributed by atoms with Crippen LogP contribution in [-0.2, 0) is 5.51 Å². The van der Waals surface area contributed by atoms with E-state index in [1.807, 2.05) is 19.1 Å². The van der Waals surface area contributed by atoms with Gasteiger partial charge in [0.15, 0.2) is 9.58 Å². The molecule has 1 aromatic heterocycles. The Morgan fingerprint density at radius 3 is 2.18 bits per heavy atom. The number of benzene rings is 1. The predicted octanol–water partition coefficient (Wildman–Crippen LogP) is 2.07. The second kappa shape index (κ2) is 6.84. The molecule has 0 radical (unpaired) electrons. The lowest BCUT2D eigenvalue weighted by Gasteiger charge is -2.21. The Morgan fingerprint density at radius 1 is 1.14 bits per heavy atom. The first kappa shape index (κ1) is 17.7. The highest BCUT2D eigenvalue weighted by Crippen LogP contribution is 2.56. The number of alkyl halides is 3. The molecule has 1 saturated carbocycles. The zero-order chi connectivity index (χ0) is 16.5. The van der Waals surface area contributed by atoms with Crippen LogP contribution < -0.4 is 12.6 Å². The minimum Gasteiger partial charge on any atom is -0.405 e. The topological polar surface area (TPSA) is 69.2 Å². The number of thiophene rings is 1. The third kappa shape index (κ3) is 3.99. The molecule has 1 fully saturated rings. The van der Waals surface area contributed by atoms with Gasteiger partial charge in [0.05, 0.1) is 10.5 Å². The van der Waals surface area contributed by atoms with Gasteiger partial charge in [0.2, 0.25) is 14.8 Å². The highest BCUT2D eigenvalue weighted by atomic mass is 80.0. The fraction of sp³-hybridized carbons (Fsp3) is 0.429. The molecule has 0 N–H and O–H groups in total. The minimum absolute atomic E-state index is 0.155. The van der Waals surface area contributed by atoms with E-state index in [0.29, 0.717) is 9.58 Å². The van der Waals surface area contributed by atoms with Crippen LogP contribution in [0.3, 0.4) is 0 Å². The summed E-state index contributed by atoms with van der Waals surface area (Å²) in [5, 5.41) is 0.767. The zero-order valence-electron chi connectivity index (χ0n) is 11.7. The molecular weight excluding hydrogens is 385 g/mol. The molecular formula is C14H14BrF3O3S. The Morgan fingerprint density at radius 2 is 1.73 bits per heavy atom. The number of rotatable bonds is 1. The van der Waals surface area contributed by atoms with Crippen LogP contribution in [0, 0.1) is 21.7 Å². The maximum absolute atomic E-state index is 13.3. The summed E-state index contributed by atoms with van der Waals surface area (Å²) in [6.07, 6.45) is 2.89. The summed E-state index contributed by atoms with van der Waals surface area (Å²) in [6, 6.07) is 7.20. The van der Waals surface area contributed by atoms with Crippen molar-refractivity contribution in [2.45, 2.75) is 37.6 Å². The van der Waals surface area contributed by atoms with Crippen molar-refractivity contribution in [1.29, 1.82) is 0 Å². The summed E-state index contributed by atoms with van der Waals surface area (Å²) in [6.45, 7) is 1.85. The molecule has 8 heteroatoms. The summed E-state index contributed by atoms with van der Waals surface area (Å²) in [5.74, 6) is 0.155. The molecule has 3 nitrogen and oxygen atoms in total. The summed E-state index contributed by atoms with van der Waals surface area (Å²) >= 11 is -3.65.